The van der Waals surface area contributed by atoms with Crippen molar-refractivity contribution < 1.29 is 9.53 Å². The minimum Gasteiger partial charge on any atom is -0.425 e. The molecule has 2 rings (SSSR count). The van der Waals surface area contributed by atoms with Crippen molar-refractivity contribution in [1.82, 2.24) is 0 Å². The van der Waals surface area contributed by atoms with Gasteiger partial charge in [-0.15, -0.1) is 0 Å². The van der Waals surface area contributed by atoms with Crippen LogP contribution in [0.25, 0.3) is 0 Å². The molecule has 0 radical (unpaired) electrons. The summed E-state index contributed by atoms with van der Waals surface area (Å²) < 4.78 is 5.25. The zero-order valence-electron chi connectivity index (χ0n) is 11.0. The van der Waals surface area contributed by atoms with Gasteiger partial charge in [0.05, 0.1) is 5.41 Å². The fourth-order valence-electron chi connectivity index (χ4n) is 2.16. The van der Waals surface area contributed by atoms with Crippen molar-refractivity contribution in [3.05, 3.63) is 23.3 Å². The van der Waals surface area contributed by atoms with Gasteiger partial charge in [0.15, 0.2) is 0 Å². The van der Waals surface area contributed by atoms with E-state index in [9.17, 15) is 4.79 Å². The molecule has 3 nitrogen and oxygen atoms in total. The average molecular weight is 233 g/mol. The summed E-state index contributed by atoms with van der Waals surface area (Å²) >= 11 is 0. The SMILES string of the molecule is CC(C)(C)c1cc2c(cc1N)OC(=O)C2(C)C. The Morgan fingerprint density at radius 2 is 1.82 bits per heavy atom. The highest BCUT2D eigenvalue weighted by Gasteiger charge is 2.42. The van der Waals surface area contributed by atoms with Crippen LogP contribution in [-0.4, -0.2) is 5.97 Å². The van der Waals surface area contributed by atoms with Gasteiger partial charge in [-0.2, -0.15) is 0 Å². The van der Waals surface area contributed by atoms with Crippen LogP contribution in [0.2, 0.25) is 0 Å². The Balaban J connectivity index is 2.66. The van der Waals surface area contributed by atoms with E-state index in [0.717, 1.165) is 11.1 Å². The first-order valence-corrected chi connectivity index (χ1v) is 5.81. The van der Waals surface area contributed by atoms with Gasteiger partial charge in [-0.05, 0) is 30.9 Å². The van der Waals surface area contributed by atoms with Crippen molar-refractivity contribution in [2.24, 2.45) is 0 Å². The summed E-state index contributed by atoms with van der Waals surface area (Å²) in [4.78, 5) is 11.8. The van der Waals surface area contributed by atoms with Crippen LogP contribution in [-0.2, 0) is 15.6 Å². The van der Waals surface area contributed by atoms with Crippen molar-refractivity contribution in [1.29, 1.82) is 0 Å². The third-order valence-corrected chi connectivity index (χ3v) is 3.35. The molecule has 1 aromatic rings. The maximum absolute atomic E-state index is 11.8. The number of esters is 1. The molecule has 17 heavy (non-hydrogen) atoms. The van der Waals surface area contributed by atoms with Crippen LogP contribution >= 0.6 is 0 Å². The molecule has 3 heteroatoms. The molecule has 1 aromatic carbocycles. The molecule has 2 N–H and O–H groups in total. The Hall–Kier alpha value is -1.51. The minimum atomic E-state index is -0.580. The highest BCUT2D eigenvalue weighted by molar-refractivity contribution is 5.90. The second kappa shape index (κ2) is 3.25. The number of hydrogen-bond acceptors (Lipinski definition) is 3. The van der Waals surface area contributed by atoms with Gasteiger partial charge < -0.3 is 10.5 Å². The highest BCUT2D eigenvalue weighted by atomic mass is 16.5. The molecular weight excluding hydrogens is 214 g/mol. The number of benzene rings is 1. The third-order valence-electron chi connectivity index (χ3n) is 3.35. The maximum atomic E-state index is 11.8. The minimum absolute atomic E-state index is 0.0408. The van der Waals surface area contributed by atoms with Crippen LogP contribution in [0.3, 0.4) is 0 Å². The molecule has 0 amide bonds. The number of nitrogens with two attached hydrogens (primary N) is 1. The van der Waals surface area contributed by atoms with E-state index in [0.29, 0.717) is 11.4 Å². The second-order valence-corrected chi connectivity index (χ2v) is 6.20. The molecule has 1 aliphatic rings. The number of anilines is 1. The van der Waals surface area contributed by atoms with E-state index in [4.69, 9.17) is 10.5 Å². The van der Waals surface area contributed by atoms with Gasteiger partial charge in [-0.3, -0.25) is 4.79 Å². The summed E-state index contributed by atoms with van der Waals surface area (Å²) in [7, 11) is 0. The molecule has 0 aromatic heterocycles. The molecule has 1 aliphatic heterocycles. The van der Waals surface area contributed by atoms with Crippen LogP contribution in [0.1, 0.15) is 45.7 Å². The lowest BCUT2D eigenvalue weighted by molar-refractivity contribution is -0.137. The lowest BCUT2D eigenvalue weighted by Gasteiger charge is -2.23. The van der Waals surface area contributed by atoms with Gasteiger partial charge in [0.2, 0.25) is 0 Å². The number of rotatable bonds is 0. The summed E-state index contributed by atoms with van der Waals surface area (Å²) in [6, 6.07) is 3.78. The normalized spacial score (nSPS) is 17.8. The molecule has 0 bridgehead atoms. The number of carbonyl (C=O) groups excluding carboxylic acids is 1. The van der Waals surface area contributed by atoms with Gasteiger partial charge in [0.1, 0.15) is 5.75 Å². The van der Waals surface area contributed by atoms with Crippen LogP contribution in [0.4, 0.5) is 5.69 Å². The van der Waals surface area contributed by atoms with Gasteiger partial charge >= 0.3 is 5.97 Å². The van der Waals surface area contributed by atoms with Crippen LogP contribution < -0.4 is 10.5 Å². The molecule has 92 valence electrons. The molecule has 0 fully saturated rings. The van der Waals surface area contributed by atoms with E-state index in [-0.39, 0.29) is 11.4 Å². The van der Waals surface area contributed by atoms with Crippen LogP contribution in [0.5, 0.6) is 5.75 Å². The molecule has 0 unspecified atom stereocenters. The maximum Gasteiger partial charge on any atom is 0.321 e. The molecule has 0 saturated carbocycles. The quantitative estimate of drug-likeness (QED) is 0.426. The smallest absolute Gasteiger partial charge is 0.321 e. The molecular formula is C14H19NO2. The average Bonchev–Trinajstić information content (AvgIpc) is 2.34. The lowest BCUT2D eigenvalue weighted by Crippen LogP contribution is -2.26. The number of carbonyl (C=O) groups is 1. The fraction of sp³-hybridized carbons (Fsp3) is 0.500. The molecule has 0 spiro atoms. The van der Waals surface area contributed by atoms with E-state index in [1.54, 1.807) is 6.07 Å². The predicted octanol–water partition coefficient (Wildman–Crippen LogP) is 2.76. The largest absolute Gasteiger partial charge is 0.425 e. The van der Waals surface area contributed by atoms with Crippen molar-refractivity contribution in [2.45, 2.75) is 45.4 Å². The van der Waals surface area contributed by atoms with E-state index >= 15 is 0 Å². The Kier molecular flexibility index (Phi) is 2.29. The summed E-state index contributed by atoms with van der Waals surface area (Å²) in [6.45, 7) is 10.1. The fourth-order valence-corrected chi connectivity index (χ4v) is 2.16. The summed E-state index contributed by atoms with van der Waals surface area (Å²) in [5.74, 6) is 0.392. The van der Waals surface area contributed by atoms with Crippen molar-refractivity contribution in [3.8, 4) is 5.75 Å². The summed E-state index contributed by atoms with van der Waals surface area (Å²) in [5, 5.41) is 0. The topological polar surface area (TPSA) is 52.3 Å². The van der Waals surface area contributed by atoms with Crippen molar-refractivity contribution in [3.63, 3.8) is 0 Å². The second-order valence-electron chi connectivity index (χ2n) is 6.20. The van der Waals surface area contributed by atoms with Gasteiger partial charge in [0, 0.05) is 17.3 Å². The first-order valence-electron chi connectivity index (χ1n) is 5.81. The lowest BCUT2D eigenvalue weighted by atomic mass is 9.80. The van der Waals surface area contributed by atoms with Gasteiger partial charge in [-0.25, -0.2) is 0 Å². The molecule has 0 aliphatic carbocycles. The van der Waals surface area contributed by atoms with Crippen molar-refractivity contribution in [2.75, 3.05) is 5.73 Å². The Labute approximate surface area is 102 Å². The first kappa shape index (κ1) is 12.0. The van der Waals surface area contributed by atoms with Gasteiger partial charge in [0.25, 0.3) is 0 Å². The van der Waals surface area contributed by atoms with E-state index in [1.807, 2.05) is 19.9 Å². The Morgan fingerprint density at radius 1 is 1.24 bits per heavy atom. The third kappa shape index (κ3) is 1.70. The van der Waals surface area contributed by atoms with Crippen molar-refractivity contribution >= 4 is 11.7 Å². The molecule has 0 saturated heterocycles. The number of hydrogen-bond donors (Lipinski definition) is 1. The summed E-state index contributed by atoms with van der Waals surface area (Å²) in [5.41, 5.74) is 8.07. The van der Waals surface area contributed by atoms with E-state index in [1.165, 1.54) is 0 Å². The standard InChI is InChI=1S/C14H19NO2/c1-13(2,3)8-6-9-11(7-10(8)15)17-12(16)14(9,4)5/h6-7H,15H2,1-5H3. The Bertz CT molecular complexity index is 496. The number of nitrogen functional groups attached to an aromatic ring is 1. The monoisotopic (exact) mass is 233 g/mol. The van der Waals surface area contributed by atoms with Crippen LogP contribution in [0, 0.1) is 0 Å². The number of fused-ring (bicyclic) bond motifs is 1. The van der Waals surface area contributed by atoms with E-state index < -0.39 is 5.41 Å². The molecule has 0 atom stereocenters. The van der Waals surface area contributed by atoms with E-state index in [2.05, 4.69) is 20.8 Å². The van der Waals surface area contributed by atoms with Gasteiger partial charge in [-0.1, -0.05) is 20.8 Å². The highest BCUT2D eigenvalue weighted by Crippen LogP contribution is 2.43. The predicted molar refractivity (Wildman–Crippen MR) is 68.2 cm³/mol. The van der Waals surface area contributed by atoms with Crippen LogP contribution in [0.15, 0.2) is 12.1 Å². The number of ether oxygens (including phenoxy) is 1. The zero-order valence-corrected chi connectivity index (χ0v) is 11.0. The zero-order chi connectivity index (χ0) is 13.0. The summed E-state index contributed by atoms with van der Waals surface area (Å²) in [6.07, 6.45) is 0. The molecule has 1 heterocycles. The Morgan fingerprint density at radius 3 is 2.35 bits per heavy atom. The first-order chi connectivity index (χ1) is 7.64.